The van der Waals surface area contributed by atoms with Crippen LogP contribution in [0.2, 0.25) is 0 Å². The second-order valence-corrected chi connectivity index (χ2v) is 7.42. The van der Waals surface area contributed by atoms with Gasteiger partial charge in [-0.25, -0.2) is 0 Å². The Labute approximate surface area is 150 Å². The zero-order chi connectivity index (χ0) is 17.6. The number of carbonyl (C=O) groups excluding carboxylic acids is 1. The van der Waals surface area contributed by atoms with Gasteiger partial charge in [-0.05, 0) is 24.3 Å². The third kappa shape index (κ3) is 5.03. The van der Waals surface area contributed by atoms with E-state index >= 15 is 0 Å². The van der Waals surface area contributed by atoms with Gasteiger partial charge in [-0.3, -0.25) is 4.79 Å². The van der Waals surface area contributed by atoms with E-state index in [1.807, 2.05) is 32.3 Å². The molecule has 1 aromatic carbocycles. The average Bonchev–Trinajstić information content (AvgIpc) is 2.64. The summed E-state index contributed by atoms with van der Waals surface area (Å²) < 4.78 is 11.8. The lowest BCUT2D eigenvalue weighted by atomic mass is 9.83. The Morgan fingerprint density at radius 2 is 2.12 bits per heavy atom. The smallest absolute Gasteiger partial charge is 0.227 e. The molecular formula is C20H30N2O3. The molecule has 1 aromatic rings. The number of hydrogen-bond donors (Lipinski definition) is 0. The van der Waals surface area contributed by atoms with Crippen molar-refractivity contribution in [2.24, 2.45) is 11.8 Å². The van der Waals surface area contributed by atoms with E-state index in [1.165, 1.54) is 5.56 Å². The van der Waals surface area contributed by atoms with Crippen molar-refractivity contribution in [3.63, 3.8) is 0 Å². The number of likely N-dealkylation sites (tertiary alicyclic amines) is 1. The number of benzene rings is 1. The average molecular weight is 346 g/mol. The molecule has 5 heteroatoms. The Kier molecular flexibility index (Phi) is 6.45. The first-order chi connectivity index (χ1) is 12.1. The predicted octanol–water partition coefficient (Wildman–Crippen LogP) is 2.02. The van der Waals surface area contributed by atoms with Crippen LogP contribution in [-0.2, 0) is 20.9 Å². The number of fused-ring (bicyclic) bond motifs is 1. The molecule has 1 amide bonds. The van der Waals surface area contributed by atoms with Crippen LogP contribution in [-0.4, -0.2) is 68.8 Å². The van der Waals surface area contributed by atoms with E-state index in [1.54, 1.807) is 4.90 Å². The van der Waals surface area contributed by atoms with Crippen molar-refractivity contribution >= 4 is 5.91 Å². The van der Waals surface area contributed by atoms with E-state index in [9.17, 15) is 4.79 Å². The minimum Gasteiger partial charge on any atom is -0.377 e. The van der Waals surface area contributed by atoms with Gasteiger partial charge in [0.15, 0.2) is 0 Å². The second kappa shape index (κ2) is 8.79. The molecule has 0 saturated carbocycles. The third-order valence-electron chi connectivity index (χ3n) is 5.30. The maximum atomic E-state index is 12.2. The molecule has 2 saturated heterocycles. The number of ether oxygens (including phenoxy) is 2. The van der Waals surface area contributed by atoms with E-state index in [-0.39, 0.29) is 11.8 Å². The fraction of sp³-hybridized carbons (Fsp3) is 0.650. The standard InChI is InChI=1S/C20H30N2O3/c1-21(2)20(23)18-12-17-13-22(9-8-19(17)25-15-18)10-11-24-14-16-6-4-3-5-7-16/h3-7,17-19H,8-15H2,1-2H3/t17-,18-,19+/m1/s1. The van der Waals surface area contributed by atoms with Gasteiger partial charge >= 0.3 is 0 Å². The van der Waals surface area contributed by atoms with E-state index < -0.39 is 0 Å². The zero-order valence-corrected chi connectivity index (χ0v) is 15.4. The Morgan fingerprint density at radius 1 is 1.32 bits per heavy atom. The van der Waals surface area contributed by atoms with Crippen LogP contribution in [0.25, 0.3) is 0 Å². The Hall–Kier alpha value is -1.43. The Morgan fingerprint density at radius 3 is 2.88 bits per heavy atom. The first-order valence-corrected chi connectivity index (χ1v) is 9.30. The predicted molar refractivity (Wildman–Crippen MR) is 97.2 cm³/mol. The summed E-state index contributed by atoms with van der Waals surface area (Å²) in [4.78, 5) is 16.4. The highest BCUT2D eigenvalue weighted by atomic mass is 16.5. The number of piperidine rings is 1. The highest BCUT2D eigenvalue weighted by Gasteiger charge is 2.38. The molecule has 0 aliphatic carbocycles. The minimum atomic E-state index is 0.0190. The SMILES string of the molecule is CN(C)C(=O)[C@H]1CO[C@H]2CCN(CCOCc3ccccc3)C[C@H]2C1. The maximum Gasteiger partial charge on any atom is 0.227 e. The number of carbonyl (C=O) groups is 1. The van der Waals surface area contributed by atoms with E-state index in [4.69, 9.17) is 9.47 Å². The van der Waals surface area contributed by atoms with E-state index in [0.29, 0.717) is 25.2 Å². The van der Waals surface area contributed by atoms with Crippen LogP contribution in [0.4, 0.5) is 0 Å². The number of amides is 1. The molecule has 2 heterocycles. The molecule has 0 aromatic heterocycles. The van der Waals surface area contributed by atoms with Crippen LogP contribution in [0.15, 0.2) is 30.3 Å². The van der Waals surface area contributed by atoms with Crippen LogP contribution < -0.4 is 0 Å². The van der Waals surface area contributed by atoms with Crippen LogP contribution in [0.3, 0.4) is 0 Å². The lowest BCUT2D eigenvalue weighted by Crippen LogP contribution is -2.50. The van der Waals surface area contributed by atoms with Crippen LogP contribution in [0.5, 0.6) is 0 Å². The van der Waals surface area contributed by atoms with Gasteiger partial charge in [-0.1, -0.05) is 30.3 Å². The van der Waals surface area contributed by atoms with E-state index in [0.717, 1.165) is 39.1 Å². The van der Waals surface area contributed by atoms with Gasteiger partial charge in [-0.2, -0.15) is 0 Å². The molecule has 25 heavy (non-hydrogen) atoms. The minimum absolute atomic E-state index is 0.0190. The van der Waals surface area contributed by atoms with Crippen molar-refractivity contribution in [2.45, 2.75) is 25.6 Å². The van der Waals surface area contributed by atoms with Crippen LogP contribution >= 0.6 is 0 Å². The molecule has 2 aliphatic heterocycles. The summed E-state index contributed by atoms with van der Waals surface area (Å²) in [6, 6.07) is 10.3. The normalized spacial score (nSPS) is 26.9. The number of rotatable bonds is 6. The first-order valence-electron chi connectivity index (χ1n) is 9.30. The largest absolute Gasteiger partial charge is 0.377 e. The quantitative estimate of drug-likeness (QED) is 0.739. The van der Waals surface area contributed by atoms with E-state index in [2.05, 4.69) is 17.0 Å². The van der Waals surface area contributed by atoms with Crippen molar-refractivity contribution in [2.75, 3.05) is 46.9 Å². The van der Waals surface area contributed by atoms with Crippen molar-refractivity contribution < 1.29 is 14.3 Å². The van der Waals surface area contributed by atoms with Gasteiger partial charge in [0, 0.05) is 33.7 Å². The van der Waals surface area contributed by atoms with Crippen molar-refractivity contribution in [1.29, 1.82) is 0 Å². The van der Waals surface area contributed by atoms with Crippen molar-refractivity contribution in [1.82, 2.24) is 9.80 Å². The maximum absolute atomic E-state index is 12.2. The van der Waals surface area contributed by atoms with Crippen molar-refractivity contribution in [3.8, 4) is 0 Å². The molecule has 0 spiro atoms. The Bertz CT molecular complexity index is 549. The van der Waals surface area contributed by atoms with Gasteiger partial charge in [0.1, 0.15) is 0 Å². The molecule has 2 aliphatic rings. The summed E-state index contributed by atoms with van der Waals surface area (Å²) in [5.74, 6) is 0.679. The molecule has 0 N–H and O–H groups in total. The summed E-state index contributed by atoms with van der Waals surface area (Å²) in [5.41, 5.74) is 1.21. The second-order valence-electron chi connectivity index (χ2n) is 7.42. The molecule has 0 radical (unpaired) electrons. The topological polar surface area (TPSA) is 42.0 Å². The van der Waals surface area contributed by atoms with Gasteiger partial charge in [0.05, 0.1) is 31.8 Å². The fourth-order valence-electron chi connectivity index (χ4n) is 3.90. The van der Waals surface area contributed by atoms with Crippen LogP contribution in [0, 0.1) is 11.8 Å². The fourth-order valence-corrected chi connectivity index (χ4v) is 3.90. The first kappa shape index (κ1) is 18.4. The lowest BCUT2D eigenvalue weighted by molar-refractivity contribution is -0.146. The lowest BCUT2D eigenvalue weighted by Gasteiger charge is -2.43. The third-order valence-corrected chi connectivity index (χ3v) is 5.30. The molecule has 5 nitrogen and oxygen atoms in total. The van der Waals surface area contributed by atoms with Gasteiger partial charge in [0.25, 0.3) is 0 Å². The van der Waals surface area contributed by atoms with Crippen molar-refractivity contribution in [3.05, 3.63) is 35.9 Å². The van der Waals surface area contributed by atoms with Gasteiger partial charge in [-0.15, -0.1) is 0 Å². The molecular weight excluding hydrogens is 316 g/mol. The molecule has 2 fully saturated rings. The van der Waals surface area contributed by atoms with Gasteiger partial charge < -0.3 is 19.3 Å². The Balaban J connectivity index is 1.41. The highest BCUT2D eigenvalue weighted by molar-refractivity contribution is 5.78. The number of nitrogens with zero attached hydrogens (tertiary/aromatic N) is 2. The molecule has 0 bridgehead atoms. The summed E-state index contributed by atoms with van der Waals surface area (Å²) in [5, 5.41) is 0. The monoisotopic (exact) mass is 346 g/mol. The van der Waals surface area contributed by atoms with Gasteiger partial charge in [0.2, 0.25) is 5.91 Å². The van der Waals surface area contributed by atoms with Crippen LogP contribution in [0.1, 0.15) is 18.4 Å². The molecule has 3 rings (SSSR count). The summed E-state index contributed by atoms with van der Waals surface area (Å²) in [6.45, 7) is 5.01. The molecule has 0 unspecified atom stereocenters. The number of hydrogen-bond acceptors (Lipinski definition) is 4. The molecule has 138 valence electrons. The molecule has 3 atom stereocenters. The summed E-state index contributed by atoms with van der Waals surface area (Å²) in [7, 11) is 3.65. The highest BCUT2D eigenvalue weighted by Crippen LogP contribution is 2.31. The summed E-state index contributed by atoms with van der Waals surface area (Å²) >= 11 is 0. The zero-order valence-electron chi connectivity index (χ0n) is 15.4. The summed E-state index contributed by atoms with van der Waals surface area (Å²) in [6.07, 6.45) is 2.34.